The summed E-state index contributed by atoms with van der Waals surface area (Å²) in [5.41, 5.74) is 4.40. The summed E-state index contributed by atoms with van der Waals surface area (Å²) < 4.78 is 7.84. The minimum atomic E-state index is -0.203. The van der Waals surface area contributed by atoms with E-state index in [-0.39, 0.29) is 17.7 Å². The van der Waals surface area contributed by atoms with Crippen LogP contribution >= 0.6 is 0 Å². The maximum atomic E-state index is 13.2. The Balaban J connectivity index is 1.34. The van der Waals surface area contributed by atoms with Crippen LogP contribution < -0.4 is 15.5 Å². The molecule has 1 atom stereocenters. The van der Waals surface area contributed by atoms with E-state index < -0.39 is 0 Å². The molecule has 3 aromatic heterocycles. The Bertz CT molecular complexity index is 1440. The van der Waals surface area contributed by atoms with Gasteiger partial charge < -0.3 is 24.9 Å². The van der Waals surface area contributed by atoms with E-state index in [2.05, 4.69) is 57.7 Å². The normalized spacial score (nSPS) is 19.0. The fourth-order valence-electron chi connectivity index (χ4n) is 5.25. The molecule has 1 aromatic carbocycles. The number of rotatable bonds is 5. The molecule has 0 saturated carbocycles. The van der Waals surface area contributed by atoms with Crippen molar-refractivity contribution in [2.45, 2.75) is 32.2 Å². The first-order valence-corrected chi connectivity index (χ1v) is 13.4. The number of hydrogen-bond donors (Lipinski definition) is 2. The van der Waals surface area contributed by atoms with Gasteiger partial charge in [0.2, 0.25) is 0 Å². The maximum absolute atomic E-state index is 13.2. The average Bonchev–Trinajstić information content (AvgIpc) is 3.55. The summed E-state index contributed by atoms with van der Waals surface area (Å²) in [6, 6.07) is 10.2. The summed E-state index contributed by atoms with van der Waals surface area (Å²) in [5, 5.41) is 11.1. The van der Waals surface area contributed by atoms with Gasteiger partial charge in [-0.1, -0.05) is 29.8 Å². The van der Waals surface area contributed by atoms with Crippen LogP contribution in [-0.4, -0.2) is 82.9 Å². The third-order valence-corrected chi connectivity index (χ3v) is 7.41. The summed E-state index contributed by atoms with van der Waals surface area (Å²) in [5.74, 6) is 1.20. The first-order chi connectivity index (χ1) is 18.5. The lowest BCUT2D eigenvalue weighted by Crippen LogP contribution is -2.44. The molecule has 2 aliphatic heterocycles. The maximum Gasteiger partial charge on any atom is 0.287 e. The van der Waals surface area contributed by atoms with Crippen molar-refractivity contribution < 1.29 is 9.21 Å². The molecule has 2 saturated heterocycles. The van der Waals surface area contributed by atoms with Crippen molar-refractivity contribution in [3.05, 3.63) is 54.0 Å². The molecule has 0 radical (unpaired) electrons. The molecule has 1 amide bonds. The van der Waals surface area contributed by atoms with Gasteiger partial charge >= 0.3 is 0 Å². The van der Waals surface area contributed by atoms with Crippen LogP contribution in [0.1, 0.15) is 35.4 Å². The number of carbonyl (C=O) groups excluding carboxylic acids is 1. The van der Waals surface area contributed by atoms with Gasteiger partial charge in [-0.05, 0) is 51.9 Å². The lowest BCUT2D eigenvalue weighted by atomic mass is 10.1. The predicted octanol–water partition coefficient (Wildman–Crippen LogP) is 3.01. The van der Waals surface area contributed by atoms with Crippen molar-refractivity contribution >= 4 is 22.8 Å². The first-order valence-electron chi connectivity index (χ1n) is 13.4. The van der Waals surface area contributed by atoms with E-state index in [0.29, 0.717) is 22.9 Å². The highest BCUT2D eigenvalue weighted by Crippen LogP contribution is 2.29. The second-order valence-electron chi connectivity index (χ2n) is 10.4. The van der Waals surface area contributed by atoms with Crippen molar-refractivity contribution in [2.75, 3.05) is 51.2 Å². The Morgan fingerprint density at radius 2 is 1.95 bits per heavy atom. The summed E-state index contributed by atoms with van der Waals surface area (Å²) in [6.45, 7) is 7.39. The van der Waals surface area contributed by atoms with E-state index in [1.54, 1.807) is 10.7 Å². The van der Waals surface area contributed by atoms with Crippen LogP contribution in [0.5, 0.6) is 0 Å². The van der Waals surface area contributed by atoms with Crippen molar-refractivity contribution in [2.24, 2.45) is 0 Å². The van der Waals surface area contributed by atoms with E-state index >= 15 is 0 Å². The van der Waals surface area contributed by atoms with E-state index in [1.165, 1.54) is 5.56 Å². The van der Waals surface area contributed by atoms with Crippen molar-refractivity contribution in [1.82, 2.24) is 35.3 Å². The molecule has 2 aliphatic rings. The van der Waals surface area contributed by atoms with E-state index in [4.69, 9.17) is 14.4 Å². The molecule has 2 fully saturated rings. The van der Waals surface area contributed by atoms with Crippen LogP contribution in [0.15, 0.2) is 47.1 Å². The van der Waals surface area contributed by atoms with Crippen LogP contribution in [0, 0.1) is 6.92 Å². The van der Waals surface area contributed by atoms with Gasteiger partial charge in [-0.3, -0.25) is 4.79 Å². The minimum Gasteiger partial charge on any atom is -0.445 e. The zero-order valence-electron chi connectivity index (χ0n) is 22.0. The largest absolute Gasteiger partial charge is 0.445 e. The first kappa shape index (κ1) is 24.6. The fourth-order valence-corrected chi connectivity index (χ4v) is 5.25. The second-order valence-corrected chi connectivity index (χ2v) is 10.4. The summed E-state index contributed by atoms with van der Waals surface area (Å²) in [6.07, 6.45) is 6.73. The number of nitrogens with zero attached hydrogens (tertiary/aromatic N) is 6. The van der Waals surface area contributed by atoms with Crippen LogP contribution in [0.3, 0.4) is 0 Å². The van der Waals surface area contributed by atoms with Crippen molar-refractivity contribution in [1.29, 1.82) is 0 Å². The van der Waals surface area contributed by atoms with Gasteiger partial charge in [-0.2, -0.15) is 10.1 Å². The molecule has 38 heavy (non-hydrogen) atoms. The minimum absolute atomic E-state index is 0.138. The van der Waals surface area contributed by atoms with E-state index in [1.807, 2.05) is 18.5 Å². The topological polar surface area (TPSA) is 104 Å². The number of benzene rings is 1. The van der Waals surface area contributed by atoms with Crippen molar-refractivity contribution in [3.63, 3.8) is 0 Å². The molecular formula is C28H34N8O2. The third kappa shape index (κ3) is 5.14. The molecule has 5 heterocycles. The molecule has 1 unspecified atom stereocenters. The van der Waals surface area contributed by atoms with Crippen LogP contribution in [0.2, 0.25) is 0 Å². The number of amides is 1. The van der Waals surface area contributed by atoms with Crippen molar-refractivity contribution in [3.8, 4) is 17.1 Å². The highest BCUT2D eigenvalue weighted by molar-refractivity contribution is 5.97. The molecule has 10 heteroatoms. The summed E-state index contributed by atoms with van der Waals surface area (Å²) in [4.78, 5) is 27.3. The quantitative estimate of drug-likeness (QED) is 0.419. The Labute approximate surface area is 222 Å². The fraction of sp³-hybridized carbons (Fsp3) is 0.429. The summed E-state index contributed by atoms with van der Waals surface area (Å²) in [7, 11) is 2.13. The number of carbonyl (C=O) groups is 1. The number of aryl methyl sites for hydroxylation is 1. The highest BCUT2D eigenvalue weighted by atomic mass is 16.3. The van der Waals surface area contributed by atoms with Crippen LogP contribution in [0.25, 0.3) is 28.2 Å². The molecule has 4 aromatic rings. The van der Waals surface area contributed by atoms with Gasteiger partial charge in [0.25, 0.3) is 11.9 Å². The number of fused-ring (bicyclic) bond motifs is 1. The summed E-state index contributed by atoms with van der Waals surface area (Å²) >= 11 is 0. The Kier molecular flexibility index (Phi) is 6.82. The van der Waals surface area contributed by atoms with Crippen LogP contribution in [0.4, 0.5) is 5.82 Å². The Morgan fingerprint density at radius 3 is 2.79 bits per heavy atom. The van der Waals surface area contributed by atoms with Gasteiger partial charge in [0.1, 0.15) is 5.52 Å². The number of nitrogens with one attached hydrogen (secondary N) is 2. The SMILES string of the molecule is Cc1cccc(-c2cnn(-c3nc(N4CCNCC4)c4oc(C(=O)NC5CCCN(C)CC5)cc4n3)c2)c1. The second kappa shape index (κ2) is 10.5. The van der Waals surface area contributed by atoms with Gasteiger partial charge in [0, 0.05) is 50.0 Å². The number of anilines is 1. The van der Waals surface area contributed by atoms with Gasteiger partial charge in [0.15, 0.2) is 17.2 Å². The molecule has 0 spiro atoms. The molecule has 0 bridgehead atoms. The van der Waals surface area contributed by atoms with Gasteiger partial charge in [0.05, 0.1) is 6.20 Å². The molecule has 0 aliphatic carbocycles. The Morgan fingerprint density at radius 1 is 1.08 bits per heavy atom. The molecular weight excluding hydrogens is 480 g/mol. The number of hydrogen-bond acceptors (Lipinski definition) is 8. The van der Waals surface area contributed by atoms with E-state index in [9.17, 15) is 4.79 Å². The van der Waals surface area contributed by atoms with E-state index in [0.717, 1.165) is 69.7 Å². The predicted molar refractivity (Wildman–Crippen MR) is 147 cm³/mol. The number of likely N-dealkylation sites (tertiary alicyclic amines) is 1. The van der Waals surface area contributed by atoms with Crippen LogP contribution in [-0.2, 0) is 0 Å². The molecule has 10 nitrogen and oxygen atoms in total. The standard InChI is InChI=1S/C28H34N8O2/c1-19-5-3-6-20(15-19)21-17-30-36(18-21)28-32-23-16-24(27(37)31-22-7-4-11-34(2)12-8-22)38-25(23)26(33-28)35-13-9-29-10-14-35/h3,5-6,15-18,22,29H,4,7-14H2,1-2H3,(H,31,37). The number of aromatic nitrogens is 4. The van der Waals surface area contributed by atoms with Gasteiger partial charge in [-0.15, -0.1) is 0 Å². The lowest BCUT2D eigenvalue weighted by Gasteiger charge is -2.28. The lowest BCUT2D eigenvalue weighted by molar-refractivity contribution is 0.0907. The monoisotopic (exact) mass is 514 g/mol. The number of furan rings is 1. The molecule has 6 rings (SSSR count). The molecule has 2 N–H and O–H groups in total. The van der Waals surface area contributed by atoms with Gasteiger partial charge in [-0.25, -0.2) is 9.67 Å². The highest BCUT2D eigenvalue weighted by Gasteiger charge is 2.25. The Hall–Kier alpha value is -3.76. The zero-order chi connectivity index (χ0) is 26.1. The third-order valence-electron chi connectivity index (χ3n) is 7.41. The number of piperazine rings is 1. The zero-order valence-corrected chi connectivity index (χ0v) is 22.0. The smallest absolute Gasteiger partial charge is 0.287 e. The average molecular weight is 515 g/mol. The molecule has 198 valence electrons.